The summed E-state index contributed by atoms with van der Waals surface area (Å²) in [5.74, 6) is -1.15. The largest absolute Gasteiger partial charge is 0.326 e. The standard InChI is InChI=1S/C20H19ClN4O3S/c1-2-24-19(28)16(12-17(26)22-15-6-4-3-5-7-15)25(20(24)29)23-18(27)13-8-10-14(21)11-9-13/h3-11,16H,2,12H2,1H3,(H,22,26)(H,23,27)/t16-/m1/s1. The zero-order chi connectivity index (χ0) is 21.0. The maximum absolute atomic E-state index is 12.8. The highest BCUT2D eigenvalue weighted by atomic mass is 35.5. The molecular formula is C20H19ClN4O3S. The van der Waals surface area contributed by atoms with Crippen molar-refractivity contribution in [2.24, 2.45) is 0 Å². The van der Waals surface area contributed by atoms with Gasteiger partial charge in [0.05, 0.1) is 6.42 Å². The maximum atomic E-state index is 12.8. The third-order valence-electron chi connectivity index (χ3n) is 4.38. The quantitative estimate of drug-likeness (QED) is 0.689. The number of anilines is 1. The van der Waals surface area contributed by atoms with Gasteiger partial charge in [0.15, 0.2) is 5.11 Å². The number of hydrazine groups is 1. The lowest BCUT2D eigenvalue weighted by Crippen LogP contribution is -2.49. The lowest BCUT2D eigenvalue weighted by Gasteiger charge is -2.24. The van der Waals surface area contributed by atoms with Crippen LogP contribution in [-0.4, -0.2) is 45.3 Å². The molecule has 1 saturated heterocycles. The van der Waals surface area contributed by atoms with Crippen molar-refractivity contribution in [1.29, 1.82) is 0 Å². The molecule has 1 aliphatic rings. The highest BCUT2D eigenvalue weighted by Crippen LogP contribution is 2.20. The average Bonchev–Trinajstić information content (AvgIpc) is 2.92. The van der Waals surface area contributed by atoms with Crippen molar-refractivity contribution in [3.05, 3.63) is 65.2 Å². The molecular weight excluding hydrogens is 412 g/mol. The maximum Gasteiger partial charge on any atom is 0.269 e. The van der Waals surface area contributed by atoms with Gasteiger partial charge < -0.3 is 5.32 Å². The molecule has 2 aromatic carbocycles. The van der Waals surface area contributed by atoms with Gasteiger partial charge in [-0.3, -0.25) is 24.7 Å². The molecule has 0 aliphatic carbocycles. The van der Waals surface area contributed by atoms with E-state index >= 15 is 0 Å². The van der Waals surface area contributed by atoms with E-state index in [-0.39, 0.29) is 23.3 Å². The minimum Gasteiger partial charge on any atom is -0.326 e. The van der Waals surface area contributed by atoms with Gasteiger partial charge >= 0.3 is 0 Å². The van der Waals surface area contributed by atoms with E-state index in [0.717, 1.165) is 0 Å². The number of nitrogens with one attached hydrogen (secondary N) is 2. The molecule has 0 radical (unpaired) electrons. The number of para-hydroxylation sites is 1. The molecule has 9 heteroatoms. The van der Waals surface area contributed by atoms with Gasteiger partial charge in [-0.1, -0.05) is 29.8 Å². The highest BCUT2D eigenvalue weighted by molar-refractivity contribution is 7.80. The van der Waals surface area contributed by atoms with Crippen molar-refractivity contribution in [3.63, 3.8) is 0 Å². The Morgan fingerprint density at radius 3 is 2.38 bits per heavy atom. The molecule has 1 atom stereocenters. The Kier molecular flexibility index (Phi) is 6.46. The van der Waals surface area contributed by atoms with Crippen LogP contribution in [0.5, 0.6) is 0 Å². The van der Waals surface area contributed by atoms with E-state index in [1.165, 1.54) is 9.91 Å². The van der Waals surface area contributed by atoms with Gasteiger partial charge in [0, 0.05) is 22.8 Å². The molecule has 150 valence electrons. The molecule has 2 aromatic rings. The van der Waals surface area contributed by atoms with Crippen LogP contribution in [0.2, 0.25) is 5.02 Å². The van der Waals surface area contributed by atoms with E-state index in [0.29, 0.717) is 22.8 Å². The number of amides is 3. The predicted molar refractivity (Wildman–Crippen MR) is 114 cm³/mol. The van der Waals surface area contributed by atoms with Crippen molar-refractivity contribution in [1.82, 2.24) is 15.3 Å². The predicted octanol–water partition coefficient (Wildman–Crippen LogP) is 2.83. The van der Waals surface area contributed by atoms with Gasteiger partial charge in [0.25, 0.3) is 11.8 Å². The van der Waals surface area contributed by atoms with Crippen LogP contribution in [0.25, 0.3) is 0 Å². The summed E-state index contributed by atoms with van der Waals surface area (Å²) in [4.78, 5) is 39.2. The minimum absolute atomic E-state index is 0.150. The molecule has 1 heterocycles. The zero-order valence-electron chi connectivity index (χ0n) is 15.6. The molecule has 7 nitrogen and oxygen atoms in total. The Morgan fingerprint density at radius 1 is 1.10 bits per heavy atom. The van der Waals surface area contributed by atoms with E-state index in [1.54, 1.807) is 55.5 Å². The molecule has 0 bridgehead atoms. The normalized spacial score (nSPS) is 16.1. The molecule has 1 fully saturated rings. The first-order valence-electron chi connectivity index (χ1n) is 8.96. The molecule has 0 unspecified atom stereocenters. The van der Waals surface area contributed by atoms with Crippen molar-refractivity contribution in [3.8, 4) is 0 Å². The fourth-order valence-electron chi connectivity index (χ4n) is 2.93. The second-order valence-corrected chi connectivity index (χ2v) is 7.12. The monoisotopic (exact) mass is 430 g/mol. The van der Waals surface area contributed by atoms with Gasteiger partial charge in [0.2, 0.25) is 5.91 Å². The summed E-state index contributed by atoms with van der Waals surface area (Å²) in [6, 6.07) is 14.3. The molecule has 3 rings (SSSR count). The van der Waals surface area contributed by atoms with Crippen LogP contribution in [0.4, 0.5) is 5.69 Å². The Bertz CT molecular complexity index is 937. The number of benzene rings is 2. The average molecular weight is 431 g/mol. The van der Waals surface area contributed by atoms with Crippen LogP contribution in [0.1, 0.15) is 23.7 Å². The summed E-state index contributed by atoms with van der Waals surface area (Å²) in [6.45, 7) is 2.11. The number of hydrogen-bond donors (Lipinski definition) is 2. The van der Waals surface area contributed by atoms with Crippen LogP contribution >= 0.6 is 23.8 Å². The summed E-state index contributed by atoms with van der Waals surface area (Å²) in [7, 11) is 0. The third kappa shape index (κ3) is 4.72. The number of carbonyl (C=O) groups excluding carboxylic acids is 3. The Hall–Kier alpha value is -2.97. The van der Waals surface area contributed by atoms with Crippen LogP contribution < -0.4 is 10.7 Å². The summed E-state index contributed by atoms with van der Waals surface area (Å²) in [6.07, 6.45) is -0.161. The van der Waals surface area contributed by atoms with Crippen molar-refractivity contribution >= 4 is 52.3 Å². The van der Waals surface area contributed by atoms with Crippen LogP contribution in [0.15, 0.2) is 54.6 Å². The van der Waals surface area contributed by atoms with E-state index in [2.05, 4.69) is 10.7 Å². The molecule has 0 aromatic heterocycles. The first-order chi connectivity index (χ1) is 13.9. The molecule has 29 heavy (non-hydrogen) atoms. The lowest BCUT2D eigenvalue weighted by molar-refractivity contribution is -0.130. The number of halogens is 1. The smallest absolute Gasteiger partial charge is 0.269 e. The van der Waals surface area contributed by atoms with Gasteiger partial charge in [-0.05, 0) is 55.5 Å². The zero-order valence-corrected chi connectivity index (χ0v) is 17.2. The van der Waals surface area contributed by atoms with Crippen LogP contribution in [0.3, 0.4) is 0 Å². The van der Waals surface area contributed by atoms with Gasteiger partial charge in [-0.25, -0.2) is 5.01 Å². The van der Waals surface area contributed by atoms with Crippen molar-refractivity contribution in [2.45, 2.75) is 19.4 Å². The number of nitrogens with zero attached hydrogens (tertiary/aromatic N) is 2. The number of thiocarbonyl (C=S) groups is 1. The van der Waals surface area contributed by atoms with E-state index in [9.17, 15) is 14.4 Å². The Morgan fingerprint density at radius 2 is 1.76 bits per heavy atom. The molecule has 1 aliphatic heterocycles. The third-order valence-corrected chi connectivity index (χ3v) is 5.05. The summed E-state index contributed by atoms with van der Waals surface area (Å²) >= 11 is 11.2. The fraction of sp³-hybridized carbons (Fsp3) is 0.200. The number of likely N-dealkylation sites (N-methyl/N-ethyl adjacent to an activating group) is 1. The second kappa shape index (κ2) is 9.02. The van der Waals surface area contributed by atoms with E-state index in [4.69, 9.17) is 23.8 Å². The number of carbonyl (C=O) groups is 3. The molecule has 2 N–H and O–H groups in total. The summed E-state index contributed by atoms with van der Waals surface area (Å²) in [5.41, 5.74) is 3.62. The summed E-state index contributed by atoms with van der Waals surface area (Å²) < 4.78 is 0. The highest BCUT2D eigenvalue weighted by Gasteiger charge is 2.43. The molecule has 3 amide bonds. The van der Waals surface area contributed by atoms with E-state index in [1.807, 2.05) is 6.07 Å². The SMILES string of the molecule is CCN1C(=O)[C@@H](CC(=O)Nc2ccccc2)N(NC(=O)c2ccc(Cl)cc2)C1=S. The summed E-state index contributed by atoms with van der Waals surface area (Å²) in [5, 5.41) is 4.67. The minimum atomic E-state index is -0.928. The van der Waals surface area contributed by atoms with E-state index < -0.39 is 11.9 Å². The second-order valence-electron chi connectivity index (χ2n) is 6.32. The number of rotatable bonds is 6. The number of hydrogen-bond acceptors (Lipinski definition) is 4. The topological polar surface area (TPSA) is 81.8 Å². The van der Waals surface area contributed by atoms with Crippen LogP contribution in [0, 0.1) is 0 Å². The van der Waals surface area contributed by atoms with Gasteiger partial charge in [-0.15, -0.1) is 0 Å². The van der Waals surface area contributed by atoms with Crippen LogP contribution in [-0.2, 0) is 9.59 Å². The fourth-order valence-corrected chi connectivity index (χ4v) is 3.45. The van der Waals surface area contributed by atoms with Crippen molar-refractivity contribution in [2.75, 3.05) is 11.9 Å². The molecule has 0 saturated carbocycles. The van der Waals surface area contributed by atoms with Gasteiger partial charge in [0.1, 0.15) is 6.04 Å². The Labute approximate surface area is 178 Å². The Balaban J connectivity index is 1.76. The first-order valence-corrected chi connectivity index (χ1v) is 9.75. The van der Waals surface area contributed by atoms with Crippen molar-refractivity contribution < 1.29 is 14.4 Å². The molecule has 0 spiro atoms. The lowest BCUT2D eigenvalue weighted by atomic mass is 10.2. The van der Waals surface area contributed by atoms with Gasteiger partial charge in [-0.2, -0.15) is 0 Å². The first kappa shape index (κ1) is 20.8.